The van der Waals surface area contributed by atoms with Gasteiger partial charge in [-0.15, -0.1) is 0 Å². The molecule has 0 spiro atoms. The number of nitrogens with one attached hydrogen (secondary N) is 4. The zero-order chi connectivity index (χ0) is 105. The molecule has 18 heterocycles. The van der Waals surface area contributed by atoms with Crippen LogP contribution >= 0.6 is 23.2 Å². The highest BCUT2D eigenvalue weighted by molar-refractivity contribution is 6.34. The van der Waals surface area contributed by atoms with Crippen molar-refractivity contribution in [2.45, 2.75) is 97.7 Å². The average Bonchev–Trinajstić information content (AvgIpc) is 1.52. The van der Waals surface area contributed by atoms with Crippen LogP contribution < -0.4 is 83.4 Å². The molecule has 150 heavy (non-hydrogen) atoms. The molecule has 0 saturated carbocycles. The SMILES string of the molecule is COc1cc(OC)cc(-c2cc3ccc(N4CCCNCC4)cc3oc2=O)c1.C[C@@H]1CN(c2cc(F)c3cc(-c4cn5ccc(C(F)(F)F)cc5n4)c(=O)oc3c2)C[C@H](C)N1.C[C@@H]1CN(c2cc(F)c3cc(-c4cn5cccc(Cl)c5n4)c(=O)oc3c2)CCN1.C[C@@H]1CN(c2cc(F)c3cc(-c4cn5cccc(Cl)c5n4)c(=O)oc3c2)C[C@H](C)N1.Cc1cc(C)c2nc(-c3cc4ccc(N5CCCN(C)CC5)cc4oc3=O)cn2c1. The maximum absolute atomic E-state index is 15.1. The van der Waals surface area contributed by atoms with E-state index in [9.17, 15) is 41.5 Å². The molecule has 774 valence electrons. The second kappa shape index (κ2) is 42.7. The molecule has 5 atom stereocenters. The van der Waals surface area contributed by atoms with Crippen molar-refractivity contribution in [2.75, 3.05) is 144 Å². The maximum atomic E-state index is 15.1. The van der Waals surface area contributed by atoms with Crippen LogP contribution in [0.2, 0.25) is 10.0 Å². The molecule has 5 aliphatic heterocycles. The van der Waals surface area contributed by atoms with E-state index in [1.807, 2.05) is 78.9 Å². The summed E-state index contributed by atoms with van der Waals surface area (Å²) < 4.78 is 129. The van der Waals surface area contributed by atoms with Crippen LogP contribution in [0.15, 0.2) is 259 Å². The highest BCUT2D eigenvalue weighted by Gasteiger charge is 2.33. The Balaban J connectivity index is 0.000000113. The summed E-state index contributed by atoms with van der Waals surface area (Å²) in [6.07, 6.45) is 11.2. The van der Waals surface area contributed by atoms with Gasteiger partial charge >= 0.3 is 34.3 Å². The number of anilines is 5. The molecule has 0 radical (unpaired) electrons. The number of nitrogens with zero attached hydrogens (tertiary/aromatic N) is 14. The molecular weight excluding hydrogens is 1970 g/mol. The first-order valence-electron chi connectivity index (χ1n) is 49.5. The van der Waals surface area contributed by atoms with Crippen LogP contribution in [0.5, 0.6) is 11.5 Å². The number of benzene rings is 6. The number of methoxy groups -OCH3 is 2. The lowest BCUT2D eigenvalue weighted by molar-refractivity contribution is -0.137. The first-order chi connectivity index (χ1) is 72.1. The van der Waals surface area contributed by atoms with Gasteiger partial charge in [0.15, 0.2) is 11.3 Å². The minimum Gasteiger partial charge on any atom is -0.497 e. The molecule has 24 rings (SSSR count). The van der Waals surface area contributed by atoms with Gasteiger partial charge < -0.3 is 99.8 Å². The number of rotatable bonds is 12. The van der Waals surface area contributed by atoms with Crippen molar-refractivity contribution < 1.29 is 57.9 Å². The van der Waals surface area contributed by atoms with Crippen molar-refractivity contribution in [3.05, 3.63) is 310 Å². The van der Waals surface area contributed by atoms with Crippen LogP contribution in [-0.4, -0.2) is 192 Å². The van der Waals surface area contributed by atoms with Crippen molar-refractivity contribution in [1.29, 1.82) is 0 Å². The highest BCUT2D eigenvalue weighted by Crippen LogP contribution is 2.39. The normalized spacial score (nSPS) is 17.5. The lowest BCUT2D eigenvalue weighted by Crippen LogP contribution is -2.54. The standard InChI is InChI=1S/C24H26N4O2.C23H20F4N4O2.C22H20ClFN4O2.C22H24N2O4.C21H18ClFN4O2/c1-16-11-17(2)23-25-21(15-28(23)14-16)20-12-18-5-6-19(13-22(18)30-24(20)29)27-8-4-7-26(3)9-10-27;1-12-9-31(10-13(2)28-12)15-6-18(24)16-8-17(22(32)33-20(16)7-15)19-11-30-4-3-14(23(25,26)27)5-21(30)29-19;1-12-9-28(10-13(2)25-12)14-6-18(24)15-8-16(22(29)30-20(15)7-14)19-11-27-5-3-4-17(23)21(27)26-19;1-26-18-10-16(11-19(14-18)27-2)20-12-15-4-5-17(13-21(15)28-22(20)25)24-8-3-6-23-7-9-24;1-12-10-26(6-4-24-12)13-7-17(23)14-9-15(21(28)29-19(14)8-13)18-11-27-5-2-3-16(22)20(27)25-18/h5-6,11-15H,4,7-10H2,1-3H3;3-8,11-13,28H,9-10H2,1-2H3;3-8,11-13,25H,9-10H2,1-2H3;4-5,10-14,23H,3,6-9H2,1-2H3;2-3,5,7-9,11-12,24H,4,6,10H2,1H3/t;2*12-,13+;;12-/m....1/s1. The van der Waals surface area contributed by atoms with Crippen molar-refractivity contribution in [1.82, 2.24) is 63.7 Å². The fourth-order valence-electron chi connectivity index (χ4n) is 20.2. The molecule has 5 saturated heterocycles. The summed E-state index contributed by atoms with van der Waals surface area (Å²) in [7, 11) is 5.33. The van der Waals surface area contributed by atoms with Crippen molar-refractivity contribution in [3.63, 3.8) is 0 Å². The molecule has 0 unspecified atom stereocenters. The predicted molar refractivity (Wildman–Crippen MR) is 574 cm³/mol. The second-order valence-corrected chi connectivity index (χ2v) is 39.7. The zero-order valence-electron chi connectivity index (χ0n) is 83.8. The number of piperazine rings is 3. The van der Waals surface area contributed by atoms with E-state index in [-0.39, 0.29) is 96.4 Å². The van der Waals surface area contributed by atoms with Gasteiger partial charge in [0.25, 0.3) is 0 Å². The van der Waals surface area contributed by atoms with Crippen LogP contribution in [0.4, 0.5) is 54.8 Å². The van der Waals surface area contributed by atoms with Crippen LogP contribution in [0.3, 0.4) is 0 Å². The average molecular weight is 2080 g/mol. The molecule has 5 fully saturated rings. The molecular formula is C112H108Cl2F6N18O12. The van der Waals surface area contributed by atoms with E-state index in [2.05, 4.69) is 119 Å². The molecule has 0 aliphatic carbocycles. The Labute approximate surface area is 864 Å². The summed E-state index contributed by atoms with van der Waals surface area (Å²) >= 11 is 12.3. The van der Waals surface area contributed by atoms with Gasteiger partial charge in [-0.05, 0) is 219 Å². The Hall–Kier alpha value is -15.3. The minimum atomic E-state index is -4.52. The van der Waals surface area contributed by atoms with E-state index >= 15 is 8.78 Å². The number of aromatic nitrogens is 8. The van der Waals surface area contributed by atoms with Crippen molar-refractivity contribution in [2.24, 2.45) is 0 Å². The number of fused-ring (bicyclic) bond motifs is 9. The van der Waals surface area contributed by atoms with E-state index in [1.54, 1.807) is 108 Å². The van der Waals surface area contributed by atoms with E-state index in [1.165, 1.54) is 53.2 Å². The number of pyridine rings is 4. The molecule has 4 N–H and O–H groups in total. The third kappa shape index (κ3) is 22.0. The molecule has 13 aromatic heterocycles. The van der Waals surface area contributed by atoms with Gasteiger partial charge in [-0.1, -0.05) is 29.3 Å². The fourth-order valence-corrected chi connectivity index (χ4v) is 20.7. The Morgan fingerprint density at radius 2 is 0.820 bits per heavy atom. The number of ether oxygens (including phenoxy) is 2. The van der Waals surface area contributed by atoms with Gasteiger partial charge in [0.1, 0.15) is 68.2 Å². The third-order valence-corrected chi connectivity index (χ3v) is 28.1. The topological polar surface area (TPSA) is 306 Å². The Morgan fingerprint density at radius 1 is 0.387 bits per heavy atom. The fraction of sp³-hybridized carbons (Fsp3) is 0.295. The summed E-state index contributed by atoms with van der Waals surface area (Å²) in [5.41, 5.74) is 10.2. The Kier molecular flexibility index (Phi) is 29.0. The van der Waals surface area contributed by atoms with Gasteiger partial charge in [0, 0.05) is 240 Å². The van der Waals surface area contributed by atoms with Gasteiger partial charge in [-0.2, -0.15) is 13.2 Å². The summed E-state index contributed by atoms with van der Waals surface area (Å²) in [5, 5.41) is 16.9. The van der Waals surface area contributed by atoms with Crippen molar-refractivity contribution >= 4 is 129 Å². The number of aryl methyl sites for hydroxylation is 2. The van der Waals surface area contributed by atoms with Crippen LogP contribution in [-0.2, 0) is 6.18 Å². The predicted octanol–water partition coefficient (Wildman–Crippen LogP) is 19.4. The monoisotopic (exact) mass is 2080 g/mol. The van der Waals surface area contributed by atoms with Gasteiger partial charge in [-0.25, -0.2) is 57.1 Å². The van der Waals surface area contributed by atoms with Crippen LogP contribution in [0, 0.1) is 31.3 Å². The van der Waals surface area contributed by atoms with Gasteiger partial charge in [0.05, 0.1) is 96.6 Å². The smallest absolute Gasteiger partial charge is 0.416 e. The van der Waals surface area contributed by atoms with Gasteiger partial charge in [0.2, 0.25) is 0 Å². The molecule has 19 aromatic rings. The quantitative estimate of drug-likeness (QED) is 0.0652. The van der Waals surface area contributed by atoms with Crippen molar-refractivity contribution in [3.8, 4) is 67.7 Å². The first-order valence-corrected chi connectivity index (χ1v) is 50.3. The van der Waals surface area contributed by atoms with E-state index in [0.29, 0.717) is 114 Å². The summed E-state index contributed by atoms with van der Waals surface area (Å²) in [6.45, 7) is 27.7. The molecule has 38 heteroatoms. The summed E-state index contributed by atoms with van der Waals surface area (Å²) in [5.74, 6) is -0.184. The number of halogens is 8. The summed E-state index contributed by atoms with van der Waals surface area (Å²) in [4.78, 5) is 94.5. The lowest BCUT2D eigenvalue weighted by Gasteiger charge is -2.37. The largest absolute Gasteiger partial charge is 0.497 e. The third-order valence-electron chi connectivity index (χ3n) is 27.5. The van der Waals surface area contributed by atoms with Crippen LogP contribution in [0.25, 0.3) is 134 Å². The minimum absolute atomic E-state index is 0.0112. The number of hydrogen-bond donors (Lipinski definition) is 4. The molecule has 5 aliphatic rings. The maximum Gasteiger partial charge on any atom is 0.416 e. The molecule has 6 aromatic carbocycles. The van der Waals surface area contributed by atoms with E-state index in [4.69, 9.17) is 54.8 Å². The Bertz CT molecular complexity index is 8670. The number of likely N-dealkylation sites (N-methyl/N-ethyl adjacent to an activating group) is 1. The number of alkyl halides is 3. The zero-order valence-corrected chi connectivity index (χ0v) is 85.3. The molecule has 0 bridgehead atoms. The highest BCUT2D eigenvalue weighted by atomic mass is 35.5. The first kappa shape index (κ1) is 102. The summed E-state index contributed by atoms with van der Waals surface area (Å²) in [6, 6.07) is 47.3. The van der Waals surface area contributed by atoms with Gasteiger partial charge in [-0.3, -0.25) is 0 Å². The molecule has 0 amide bonds. The number of imidazole rings is 4. The van der Waals surface area contributed by atoms with Crippen LogP contribution in [0.1, 0.15) is 64.2 Å². The van der Waals surface area contributed by atoms with E-state index < -0.39 is 46.1 Å². The number of hydrogen-bond acceptors (Lipinski definition) is 26. The second-order valence-electron chi connectivity index (χ2n) is 38.9. The molecule has 30 nitrogen and oxygen atoms in total. The Morgan fingerprint density at radius 3 is 1.32 bits per heavy atom. The van der Waals surface area contributed by atoms with E-state index in [0.717, 1.165) is 149 Å². The lowest BCUT2D eigenvalue weighted by atomic mass is 10.0.